The van der Waals surface area contributed by atoms with Gasteiger partial charge in [0.2, 0.25) is 10.0 Å². The number of sulfonamides is 1. The summed E-state index contributed by atoms with van der Waals surface area (Å²) in [6.07, 6.45) is 5.10. The van der Waals surface area contributed by atoms with Gasteiger partial charge >= 0.3 is 0 Å². The predicted octanol–water partition coefficient (Wildman–Crippen LogP) is 1.33. The molecule has 0 amide bonds. The number of hydrogen-bond acceptors (Lipinski definition) is 3. The Morgan fingerprint density at radius 2 is 2.19 bits per heavy atom. The van der Waals surface area contributed by atoms with Crippen LogP contribution in [0, 0.1) is 12.3 Å². The monoisotopic (exact) mass is 302 g/mol. The highest BCUT2D eigenvalue weighted by Crippen LogP contribution is 2.22. The molecule has 0 bridgehead atoms. The first-order valence-electron chi connectivity index (χ1n) is 4.40. The van der Waals surface area contributed by atoms with Crippen LogP contribution in [-0.4, -0.2) is 14.5 Å². The molecule has 1 atom stereocenters. The molecule has 0 spiro atoms. The lowest BCUT2D eigenvalue weighted by atomic mass is 10.3. The van der Waals surface area contributed by atoms with Gasteiger partial charge in [-0.1, -0.05) is 21.9 Å². The summed E-state index contributed by atoms with van der Waals surface area (Å²) in [5, 5.41) is 0. The van der Waals surface area contributed by atoms with Crippen molar-refractivity contribution in [1.82, 2.24) is 4.72 Å². The predicted molar refractivity (Wildman–Crippen MR) is 67.2 cm³/mol. The van der Waals surface area contributed by atoms with Crippen LogP contribution in [0.4, 0.5) is 5.69 Å². The second-order valence-electron chi connectivity index (χ2n) is 3.19. The average Bonchev–Trinajstić information content (AvgIpc) is 2.16. The van der Waals surface area contributed by atoms with E-state index in [2.05, 4.69) is 26.6 Å². The zero-order valence-corrected chi connectivity index (χ0v) is 11.0. The highest BCUT2D eigenvalue weighted by molar-refractivity contribution is 9.10. The quantitative estimate of drug-likeness (QED) is 0.653. The number of hydrogen-bond donors (Lipinski definition) is 2. The maximum atomic E-state index is 11.8. The molecule has 0 heterocycles. The van der Waals surface area contributed by atoms with Crippen molar-refractivity contribution in [2.24, 2.45) is 0 Å². The number of halogens is 1. The number of terminal acetylenes is 1. The van der Waals surface area contributed by atoms with Gasteiger partial charge in [-0.25, -0.2) is 8.42 Å². The van der Waals surface area contributed by atoms with Gasteiger partial charge in [-0.15, -0.1) is 6.42 Å². The van der Waals surface area contributed by atoms with Gasteiger partial charge in [-0.05, 0) is 25.1 Å². The van der Waals surface area contributed by atoms with Crippen molar-refractivity contribution in [2.75, 3.05) is 5.73 Å². The molecule has 86 valence electrons. The lowest BCUT2D eigenvalue weighted by Gasteiger charge is -2.11. The van der Waals surface area contributed by atoms with Crippen molar-refractivity contribution in [3.8, 4) is 12.3 Å². The Balaban J connectivity index is 3.14. The molecule has 1 aromatic rings. The number of benzene rings is 1. The van der Waals surface area contributed by atoms with Crippen LogP contribution in [0.2, 0.25) is 0 Å². The number of rotatable bonds is 3. The molecule has 1 rings (SSSR count). The van der Waals surface area contributed by atoms with Gasteiger partial charge in [-0.3, -0.25) is 0 Å². The molecule has 1 unspecified atom stereocenters. The second-order valence-corrected chi connectivity index (χ2v) is 5.79. The summed E-state index contributed by atoms with van der Waals surface area (Å²) < 4.78 is 26.7. The molecule has 6 heteroatoms. The minimum absolute atomic E-state index is 0.0257. The number of nitrogens with one attached hydrogen (secondary N) is 1. The van der Waals surface area contributed by atoms with Gasteiger partial charge in [0.15, 0.2) is 0 Å². The van der Waals surface area contributed by atoms with Crippen molar-refractivity contribution in [3.05, 3.63) is 22.7 Å². The Hall–Kier alpha value is -1.03. The standard InChI is InChI=1S/C10H11BrN2O2S/c1-3-7(2)13-16(14,15)10-5-4-8(11)6-9(10)12/h1,4-7,13H,12H2,2H3. The summed E-state index contributed by atoms with van der Waals surface area (Å²) in [5.74, 6) is 2.28. The lowest BCUT2D eigenvalue weighted by molar-refractivity contribution is 0.578. The van der Waals surface area contributed by atoms with Gasteiger partial charge in [0.1, 0.15) is 4.90 Å². The molecule has 1 aromatic carbocycles. The zero-order chi connectivity index (χ0) is 12.3. The number of anilines is 1. The van der Waals surface area contributed by atoms with Crippen LogP contribution in [-0.2, 0) is 10.0 Å². The van der Waals surface area contributed by atoms with Crippen molar-refractivity contribution in [1.29, 1.82) is 0 Å². The second kappa shape index (κ2) is 4.87. The van der Waals surface area contributed by atoms with Crippen LogP contribution in [0.5, 0.6) is 0 Å². The van der Waals surface area contributed by atoms with E-state index in [1.807, 2.05) is 0 Å². The Morgan fingerprint density at radius 1 is 1.56 bits per heavy atom. The molecule has 0 saturated carbocycles. The van der Waals surface area contributed by atoms with Crippen LogP contribution < -0.4 is 10.5 Å². The molecule has 0 aliphatic carbocycles. The molecular formula is C10H11BrN2O2S. The normalized spacial score (nSPS) is 13.1. The van der Waals surface area contributed by atoms with E-state index >= 15 is 0 Å². The third-order valence-corrected chi connectivity index (χ3v) is 3.95. The number of nitrogens with two attached hydrogens (primary N) is 1. The summed E-state index contributed by atoms with van der Waals surface area (Å²) in [6, 6.07) is 3.97. The topological polar surface area (TPSA) is 72.2 Å². The molecule has 4 nitrogen and oxygen atoms in total. The fourth-order valence-corrected chi connectivity index (χ4v) is 2.75. The Kier molecular flexibility index (Phi) is 3.97. The molecule has 0 aliphatic heterocycles. The fourth-order valence-electron chi connectivity index (χ4n) is 1.09. The Morgan fingerprint density at radius 3 is 2.69 bits per heavy atom. The van der Waals surface area contributed by atoms with E-state index < -0.39 is 16.1 Å². The Labute approximate surface area is 103 Å². The van der Waals surface area contributed by atoms with E-state index in [1.165, 1.54) is 12.1 Å². The van der Waals surface area contributed by atoms with E-state index in [9.17, 15) is 8.42 Å². The van der Waals surface area contributed by atoms with Gasteiger partial charge in [0.05, 0.1) is 11.7 Å². The van der Waals surface area contributed by atoms with E-state index in [0.29, 0.717) is 4.47 Å². The largest absolute Gasteiger partial charge is 0.398 e. The summed E-state index contributed by atoms with van der Waals surface area (Å²) >= 11 is 3.20. The van der Waals surface area contributed by atoms with Gasteiger partial charge in [0, 0.05) is 4.47 Å². The van der Waals surface area contributed by atoms with Crippen LogP contribution >= 0.6 is 15.9 Å². The zero-order valence-electron chi connectivity index (χ0n) is 8.57. The molecule has 0 fully saturated rings. The van der Waals surface area contributed by atoms with E-state index in [0.717, 1.165) is 0 Å². The molecule has 3 N–H and O–H groups in total. The summed E-state index contributed by atoms with van der Waals surface area (Å²) in [7, 11) is -3.66. The third kappa shape index (κ3) is 2.98. The first-order valence-corrected chi connectivity index (χ1v) is 6.68. The first kappa shape index (κ1) is 13.0. The third-order valence-electron chi connectivity index (χ3n) is 1.84. The molecule has 0 radical (unpaired) electrons. The summed E-state index contributed by atoms with van der Waals surface area (Å²) in [6.45, 7) is 1.58. The lowest BCUT2D eigenvalue weighted by Crippen LogP contribution is -2.31. The highest BCUT2D eigenvalue weighted by atomic mass is 79.9. The molecule has 16 heavy (non-hydrogen) atoms. The van der Waals surface area contributed by atoms with Crippen molar-refractivity contribution in [3.63, 3.8) is 0 Å². The first-order chi connectivity index (χ1) is 7.36. The van der Waals surface area contributed by atoms with Gasteiger partial charge in [0.25, 0.3) is 0 Å². The minimum Gasteiger partial charge on any atom is -0.398 e. The fraction of sp³-hybridized carbons (Fsp3) is 0.200. The smallest absolute Gasteiger partial charge is 0.243 e. The Bertz CT molecular complexity index is 534. The van der Waals surface area contributed by atoms with Crippen LogP contribution in [0.1, 0.15) is 6.92 Å². The van der Waals surface area contributed by atoms with Crippen molar-refractivity contribution < 1.29 is 8.42 Å². The van der Waals surface area contributed by atoms with E-state index in [4.69, 9.17) is 12.2 Å². The minimum atomic E-state index is -3.66. The number of nitrogen functional groups attached to an aromatic ring is 1. The molecule has 0 aromatic heterocycles. The molecule has 0 saturated heterocycles. The SMILES string of the molecule is C#CC(C)NS(=O)(=O)c1ccc(Br)cc1N. The molecular weight excluding hydrogens is 292 g/mol. The van der Waals surface area contributed by atoms with Crippen LogP contribution in [0.15, 0.2) is 27.6 Å². The van der Waals surface area contributed by atoms with E-state index in [-0.39, 0.29) is 10.6 Å². The van der Waals surface area contributed by atoms with Crippen molar-refractivity contribution in [2.45, 2.75) is 17.9 Å². The maximum absolute atomic E-state index is 11.8. The highest BCUT2D eigenvalue weighted by Gasteiger charge is 2.18. The van der Waals surface area contributed by atoms with Crippen LogP contribution in [0.3, 0.4) is 0 Å². The maximum Gasteiger partial charge on any atom is 0.243 e. The van der Waals surface area contributed by atoms with Crippen molar-refractivity contribution >= 4 is 31.6 Å². The summed E-state index contributed by atoms with van der Waals surface area (Å²) in [4.78, 5) is 0.0257. The van der Waals surface area contributed by atoms with Gasteiger partial charge < -0.3 is 5.73 Å². The van der Waals surface area contributed by atoms with Gasteiger partial charge in [-0.2, -0.15) is 4.72 Å². The summed E-state index contributed by atoms with van der Waals surface area (Å²) in [5.41, 5.74) is 5.80. The van der Waals surface area contributed by atoms with E-state index in [1.54, 1.807) is 13.0 Å². The average molecular weight is 303 g/mol. The molecule has 0 aliphatic rings. The van der Waals surface area contributed by atoms with Crippen LogP contribution in [0.25, 0.3) is 0 Å².